The molecule has 0 aliphatic carbocycles. The third-order valence-corrected chi connectivity index (χ3v) is 3.69. The molecule has 106 valence electrons. The molecule has 0 heterocycles. The van der Waals surface area contributed by atoms with Crippen LogP contribution in [0.25, 0.3) is 0 Å². The normalized spacial score (nSPS) is 12.4. The van der Waals surface area contributed by atoms with Gasteiger partial charge in [0.25, 0.3) is 0 Å². The molecule has 0 aliphatic heterocycles. The first kappa shape index (κ1) is 15.0. The highest BCUT2D eigenvalue weighted by Gasteiger charge is 2.15. The van der Waals surface area contributed by atoms with Crippen LogP contribution in [0.3, 0.4) is 0 Å². The van der Waals surface area contributed by atoms with Gasteiger partial charge in [0.2, 0.25) is 0 Å². The molecule has 20 heavy (non-hydrogen) atoms. The van der Waals surface area contributed by atoms with E-state index in [1.807, 2.05) is 19.9 Å². The molecule has 0 radical (unpaired) electrons. The monoisotopic (exact) mass is 292 g/mol. The van der Waals surface area contributed by atoms with Crippen molar-refractivity contribution in [1.29, 1.82) is 0 Å². The van der Waals surface area contributed by atoms with Crippen molar-refractivity contribution in [2.45, 2.75) is 26.3 Å². The number of nitrogens with one attached hydrogen (secondary N) is 1. The summed E-state index contributed by atoms with van der Waals surface area (Å²) < 4.78 is 13.9. The van der Waals surface area contributed by atoms with E-state index >= 15 is 0 Å². The lowest BCUT2D eigenvalue weighted by Gasteiger charge is -2.19. The summed E-state index contributed by atoms with van der Waals surface area (Å²) in [5.41, 5.74) is 6.75. The molecule has 0 bridgehead atoms. The van der Waals surface area contributed by atoms with Crippen molar-refractivity contribution in [3.8, 4) is 0 Å². The number of hydrazine groups is 1. The van der Waals surface area contributed by atoms with Crippen molar-refractivity contribution in [2.75, 3.05) is 0 Å². The zero-order valence-electron chi connectivity index (χ0n) is 11.6. The Labute approximate surface area is 123 Å². The number of nitrogens with two attached hydrogens (primary N) is 1. The van der Waals surface area contributed by atoms with Crippen LogP contribution in [0.15, 0.2) is 36.4 Å². The molecule has 1 atom stereocenters. The Morgan fingerprint density at radius 1 is 1.20 bits per heavy atom. The molecule has 0 saturated heterocycles. The fourth-order valence-electron chi connectivity index (χ4n) is 2.30. The van der Waals surface area contributed by atoms with Crippen LogP contribution in [-0.4, -0.2) is 0 Å². The first-order valence-corrected chi connectivity index (χ1v) is 6.86. The van der Waals surface area contributed by atoms with E-state index in [2.05, 4.69) is 17.6 Å². The minimum Gasteiger partial charge on any atom is -0.271 e. The second kappa shape index (κ2) is 6.35. The van der Waals surface area contributed by atoms with Gasteiger partial charge >= 0.3 is 0 Å². The second-order valence-corrected chi connectivity index (χ2v) is 5.46. The number of benzene rings is 2. The highest BCUT2D eigenvalue weighted by Crippen LogP contribution is 2.24. The van der Waals surface area contributed by atoms with Crippen LogP contribution in [0.2, 0.25) is 5.02 Å². The van der Waals surface area contributed by atoms with E-state index in [0.717, 1.165) is 16.7 Å². The first-order chi connectivity index (χ1) is 9.51. The summed E-state index contributed by atoms with van der Waals surface area (Å²) in [6, 6.07) is 10.8. The number of hydrogen-bond acceptors (Lipinski definition) is 2. The highest BCUT2D eigenvalue weighted by atomic mass is 35.5. The van der Waals surface area contributed by atoms with Crippen LogP contribution < -0.4 is 11.3 Å². The van der Waals surface area contributed by atoms with Gasteiger partial charge in [0, 0.05) is 5.02 Å². The van der Waals surface area contributed by atoms with E-state index in [1.54, 1.807) is 12.1 Å². The van der Waals surface area contributed by atoms with Crippen LogP contribution in [0.5, 0.6) is 0 Å². The van der Waals surface area contributed by atoms with Gasteiger partial charge in [-0.2, -0.15) is 0 Å². The van der Waals surface area contributed by atoms with Gasteiger partial charge in [-0.15, -0.1) is 0 Å². The number of hydrogen-bond donors (Lipinski definition) is 2. The summed E-state index contributed by atoms with van der Waals surface area (Å²) in [4.78, 5) is 0. The van der Waals surface area contributed by atoms with Crippen LogP contribution in [0.1, 0.15) is 28.3 Å². The van der Waals surface area contributed by atoms with Gasteiger partial charge in [0.1, 0.15) is 5.82 Å². The fourth-order valence-corrected chi connectivity index (χ4v) is 2.46. The summed E-state index contributed by atoms with van der Waals surface area (Å²) in [6.45, 7) is 4.05. The smallest absolute Gasteiger partial charge is 0.127 e. The standard InChI is InChI=1S/C16H18ClFN2/c1-10-3-4-11(2)14(7-10)16(20-19)8-12-5-6-13(17)9-15(12)18/h3-7,9,16,20H,8,19H2,1-2H3. The number of rotatable bonds is 4. The quantitative estimate of drug-likeness (QED) is 0.664. The predicted octanol–water partition coefficient (Wildman–Crippen LogP) is 3.84. The molecule has 1 unspecified atom stereocenters. The van der Waals surface area contributed by atoms with Crippen molar-refractivity contribution < 1.29 is 4.39 Å². The molecular formula is C16H18ClFN2. The molecular weight excluding hydrogens is 275 g/mol. The molecule has 0 spiro atoms. The average molecular weight is 293 g/mol. The van der Waals surface area contributed by atoms with E-state index in [-0.39, 0.29) is 11.9 Å². The van der Waals surface area contributed by atoms with Crippen LogP contribution >= 0.6 is 11.6 Å². The Balaban J connectivity index is 2.31. The summed E-state index contributed by atoms with van der Waals surface area (Å²) in [5.74, 6) is 5.35. The Morgan fingerprint density at radius 2 is 1.95 bits per heavy atom. The summed E-state index contributed by atoms with van der Waals surface area (Å²) in [6.07, 6.45) is 0.476. The second-order valence-electron chi connectivity index (χ2n) is 5.02. The average Bonchev–Trinajstić information content (AvgIpc) is 2.41. The number of halogens is 2. The summed E-state index contributed by atoms with van der Waals surface area (Å²) in [5, 5.41) is 0.398. The molecule has 4 heteroatoms. The lowest BCUT2D eigenvalue weighted by molar-refractivity contribution is 0.527. The molecule has 3 N–H and O–H groups in total. The Morgan fingerprint density at radius 3 is 2.60 bits per heavy atom. The van der Waals surface area contributed by atoms with Gasteiger partial charge in [-0.05, 0) is 49.1 Å². The molecule has 0 saturated carbocycles. The Kier molecular flexibility index (Phi) is 4.76. The highest BCUT2D eigenvalue weighted by molar-refractivity contribution is 6.30. The van der Waals surface area contributed by atoms with Crippen LogP contribution in [0.4, 0.5) is 4.39 Å². The SMILES string of the molecule is Cc1ccc(C)c(C(Cc2ccc(Cl)cc2F)NN)c1. The minimum absolute atomic E-state index is 0.134. The van der Waals surface area contributed by atoms with Gasteiger partial charge in [-0.3, -0.25) is 11.3 Å². The van der Waals surface area contributed by atoms with Crippen LogP contribution in [0, 0.1) is 19.7 Å². The maximum absolute atomic E-state index is 13.9. The van der Waals surface area contributed by atoms with Crippen LogP contribution in [-0.2, 0) is 6.42 Å². The fraction of sp³-hybridized carbons (Fsp3) is 0.250. The Hall–Kier alpha value is -1.42. The van der Waals surface area contributed by atoms with E-state index in [1.165, 1.54) is 6.07 Å². The van der Waals surface area contributed by atoms with E-state index in [9.17, 15) is 4.39 Å². The zero-order chi connectivity index (χ0) is 14.7. The van der Waals surface area contributed by atoms with Crippen molar-refractivity contribution in [1.82, 2.24) is 5.43 Å². The van der Waals surface area contributed by atoms with Gasteiger partial charge < -0.3 is 0 Å². The third-order valence-electron chi connectivity index (χ3n) is 3.45. The molecule has 0 amide bonds. The number of aryl methyl sites for hydroxylation is 2. The minimum atomic E-state index is -0.303. The molecule has 2 aromatic carbocycles. The molecule has 2 aromatic rings. The maximum atomic E-state index is 13.9. The molecule has 0 fully saturated rings. The van der Waals surface area contributed by atoms with Gasteiger partial charge in [0.15, 0.2) is 0 Å². The molecule has 2 rings (SSSR count). The summed E-state index contributed by atoms with van der Waals surface area (Å²) in [7, 11) is 0. The topological polar surface area (TPSA) is 38.0 Å². The van der Waals surface area contributed by atoms with Crippen molar-refractivity contribution in [3.63, 3.8) is 0 Å². The lowest BCUT2D eigenvalue weighted by atomic mass is 9.94. The predicted molar refractivity (Wildman–Crippen MR) is 81.1 cm³/mol. The molecule has 2 nitrogen and oxygen atoms in total. The molecule has 0 aliphatic rings. The van der Waals surface area contributed by atoms with Gasteiger partial charge in [0.05, 0.1) is 6.04 Å². The van der Waals surface area contributed by atoms with Crippen molar-refractivity contribution >= 4 is 11.6 Å². The summed E-state index contributed by atoms with van der Waals surface area (Å²) >= 11 is 5.77. The van der Waals surface area contributed by atoms with E-state index in [0.29, 0.717) is 17.0 Å². The van der Waals surface area contributed by atoms with E-state index < -0.39 is 0 Å². The van der Waals surface area contributed by atoms with Crippen molar-refractivity contribution in [2.24, 2.45) is 5.84 Å². The van der Waals surface area contributed by atoms with Gasteiger partial charge in [-0.1, -0.05) is 41.4 Å². The lowest BCUT2D eigenvalue weighted by Crippen LogP contribution is -2.30. The zero-order valence-corrected chi connectivity index (χ0v) is 12.3. The van der Waals surface area contributed by atoms with Crippen molar-refractivity contribution in [3.05, 3.63) is 69.5 Å². The first-order valence-electron chi connectivity index (χ1n) is 6.48. The Bertz CT molecular complexity index is 613. The third kappa shape index (κ3) is 3.37. The largest absolute Gasteiger partial charge is 0.271 e. The molecule has 0 aromatic heterocycles. The van der Waals surface area contributed by atoms with Gasteiger partial charge in [-0.25, -0.2) is 4.39 Å². The maximum Gasteiger partial charge on any atom is 0.127 e. The van der Waals surface area contributed by atoms with E-state index in [4.69, 9.17) is 17.4 Å².